The molecule has 12 heteroatoms. The minimum atomic E-state index is -1.70. The average Bonchev–Trinajstić information content (AvgIpc) is 0.734. The maximum Gasteiger partial charge on any atom is 0.343 e. The highest BCUT2D eigenvalue weighted by Gasteiger charge is 2.40. The van der Waals surface area contributed by atoms with Gasteiger partial charge in [-0.25, -0.2) is 4.79 Å². The van der Waals surface area contributed by atoms with Gasteiger partial charge in [0.2, 0.25) is 0 Å². The van der Waals surface area contributed by atoms with Crippen LogP contribution >= 0.6 is 39.0 Å². The zero-order chi connectivity index (χ0) is 69.8. The molecule has 93 heavy (non-hydrogen) atoms. The largest absolute Gasteiger partial charge is 0.496 e. The first-order valence-electron chi connectivity index (χ1n) is 33.3. The highest BCUT2D eigenvalue weighted by molar-refractivity contribution is 7.81. The highest BCUT2D eigenvalue weighted by atomic mass is 35.5. The molecule has 0 radical (unpaired) electrons. The van der Waals surface area contributed by atoms with Gasteiger partial charge in [-0.1, -0.05) is 208 Å². The van der Waals surface area contributed by atoms with Crippen molar-refractivity contribution in [1.82, 2.24) is 0 Å². The zero-order valence-electron chi connectivity index (χ0n) is 62.2. The summed E-state index contributed by atoms with van der Waals surface area (Å²) in [6.45, 7) is 54.0. The predicted octanol–water partition coefficient (Wildman–Crippen LogP) is 19.9. The molecule has 1 aliphatic carbocycles. The zero-order valence-corrected chi connectivity index (χ0v) is 65.5. The molecule has 1 fully saturated rings. The van der Waals surface area contributed by atoms with Crippen LogP contribution in [0, 0.1) is 0 Å². The number of halogens is 2. The van der Waals surface area contributed by atoms with Gasteiger partial charge in [0.25, 0.3) is 0 Å². The summed E-state index contributed by atoms with van der Waals surface area (Å²) in [5.74, 6) is 3.79. The van der Waals surface area contributed by atoms with Crippen LogP contribution in [-0.2, 0) is 52.9 Å². The van der Waals surface area contributed by atoms with Gasteiger partial charge in [0, 0.05) is 55.6 Å². The van der Waals surface area contributed by atoms with Crippen LogP contribution < -0.4 is 60.2 Å². The quantitative estimate of drug-likeness (QED) is 0.0700. The molecule has 0 bridgehead atoms. The summed E-state index contributed by atoms with van der Waals surface area (Å²) in [5.41, 5.74) is 7.26. The molecule has 508 valence electrons. The smallest absolute Gasteiger partial charge is 0.343 e. The SMILES string of the molecule is COC(=O)COc1c(Cl)ccc(P(c2cc(C(C)(C)C)c(OC)c(C(C)(C)C)c2)c2cc(C(C)(C)C)c(OC)c(C(C)(C)C)c2)c1-c1c(P(c2cc(C(C)(C)C)c(OC)c(C(C)(C)C)c2)c2cc(C(C)(C)C)c(OC)c(C(C)(C)C)c2)ccc(Cl)c1OC1CCCCC1. The topological polar surface area (TPSA) is 81.7 Å². The van der Waals surface area contributed by atoms with Crippen LogP contribution in [-0.4, -0.2) is 54.2 Å². The van der Waals surface area contributed by atoms with Gasteiger partial charge in [-0.05, 0) is 177 Å². The van der Waals surface area contributed by atoms with E-state index in [0.29, 0.717) is 27.1 Å². The molecule has 0 heterocycles. The molecule has 0 atom stereocenters. The van der Waals surface area contributed by atoms with Crippen molar-refractivity contribution >= 4 is 76.8 Å². The normalized spacial score (nSPS) is 14.2. The molecule has 1 saturated carbocycles. The molecule has 6 aromatic carbocycles. The van der Waals surface area contributed by atoms with E-state index in [2.05, 4.69) is 227 Å². The Morgan fingerprint density at radius 2 is 0.624 bits per heavy atom. The van der Waals surface area contributed by atoms with Crippen LogP contribution in [0.5, 0.6) is 34.5 Å². The van der Waals surface area contributed by atoms with E-state index in [-0.39, 0.29) is 49.4 Å². The van der Waals surface area contributed by atoms with Gasteiger partial charge in [0.05, 0.1) is 51.7 Å². The summed E-state index contributed by atoms with van der Waals surface area (Å²) >= 11 is 15.9. The Bertz CT molecular complexity index is 3400. The predicted molar refractivity (Wildman–Crippen MR) is 400 cm³/mol. The number of benzene rings is 6. The standard InChI is InChI=1S/C81H112Cl2O8P2/c1-74(2,3)53-39-49(40-54(68(53)86-26)75(4,5)6)92(50-41-55(76(7,8)9)69(87-27)56(42-50)77(10,11)12)63-37-35-61(82)72(90-47-65(84)85-25)66(63)67-64(38-36-62(83)73(67)91-48-33-31-30-32-34-48)93(51-43-57(78(13,14)15)70(88-28)58(44-51)79(16,17)18)52-45-59(80(19,20)21)71(89-29)60(46-52)81(22,23)24/h35-46,48H,30-34,47H2,1-29H3. The summed E-state index contributed by atoms with van der Waals surface area (Å²) in [4.78, 5) is 13.9. The maximum atomic E-state index is 13.9. The Balaban J connectivity index is 1.93. The molecular formula is C81H112Cl2O8P2. The fraction of sp³-hybridized carbons (Fsp3) is 0.543. The van der Waals surface area contributed by atoms with Crippen LogP contribution in [0.4, 0.5) is 0 Å². The Morgan fingerprint density at radius 3 is 0.860 bits per heavy atom. The van der Waals surface area contributed by atoms with Crippen molar-refractivity contribution in [2.24, 2.45) is 0 Å². The van der Waals surface area contributed by atoms with E-state index in [1.54, 1.807) is 28.4 Å². The monoisotopic (exact) mass is 1340 g/mol. The van der Waals surface area contributed by atoms with Gasteiger partial charge in [-0.3, -0.25) is 0 Å². The van der Waals surface area contributed by atoms with Crippen LogP contribution in [0.1, 0.15) is 243 Å². The molecule has 6 aromatic rings. The van der Waals surface area contributed by atoms with Crippen molar-refractivity contribution < 1.29 is 38.0 Å². The minimum Gasteiger partial charge on any atom is -0.496 e. The van der Waals surface area contributed by atoms with E-state index in [1.807, 2.05) is 12.1 Å². The van der Waals surface area contributed by atoms with Gasteiger partial charge in [0.1, 0.15) is 34.5 Å². The van der Waals surface area contributed by atoms with Crippen LogP contribution in [0.3, 0.4) is 0 Å². The molecule has 0 aliphatic heterocycles. The Kier molecular flexibility index (Phi) is 22.6. The van der Waals surface area contributed by atoms with Crippen molar-refractivity contribution in [2.45, 2.75) is 248 Å². The lowest BCUT2D eigenvalue weighted by atomic mass is 9.79. The Labute approximate surface area is 574 Å². The van der Waals surface area contributed by atoms with Crippen molar-refractivity contribution in [3.05, 3.63) is 127 Å². The molecule has 0 saturated heterocycles. The van der Waals surface area contributed by atoms with Crippen molar-refractivity contribution in [1.29, 1.82) is 0 Å². The van der Waals surface area contributed by atoms with Crippen LogP contribution in [0.15, 0.2) is 72.8 Å². The number of esters is 1. The van der Waals surface area contributed by atoms with Gasteiger partial charge in [0.15, 0.2) is 6.61 Å². The second-order valence-electron chi connectivity index (χ2n) is 33.8. The number of rotatable bonds is 16. The molecule has 7 rings (SSSR count). The summed E-state index contributed by atoms with van der Waals surface area (Å²) in [5, 5.41) is 7.07. The lowest BCUT2D eigenvalue weighted by Gasteiger charge is -2.36. The first-order chi connectivity index (χ1) is 42.7. The molecule has 0 amide bonds. The second-order valence-corrected chi connectivity index (χ2v) is 38.9. The molecule has 0 unspecified atom stereocenters. The van der Waals surface area contributed by atoms with Crippen molar-refractivity contribution in [3.63, 3.8) is 0 Å². The van der Waals surface area contributed by atoms with Crippen LogP contribution in [0.2, 0.25) is 10.0 Å². The summed E-state index contributed by atoms with van der Waals surface area (Å²) in [6.07, 6.45) is 4.72. The number of hydrogen-bond donors (Lipinski definition) is 0. The van der Waals surface area contributed by atoms with Crippen molar-refractivity contribution in [3.8, 4) is 45.6 Å². The number of ether oxygens (including phenoxy) is 7. The Morgan fingerprint density at radius 1 is 0.376 bits per heavy atom. The van der Waals surface area contributed by atoms with E-state index in [9.17, 15) is 4.79 Å². The molecule has 1 aliphatic rings. The average molecular weight is 1350 g/mol. The first-order valence-corrected chi connectivity index (χ1v) is 36.7. The van der Waals surface area contributed by atoms with E-state index >= 15 is 0 Å². The van der Waals surface area contributed by atoms with E-state index < -0.39 is 28.4 Å². The second kappa shape index (κ2) is 27.9. The lowest BCUT2D eigenvalue weighted by Crippen LogP contribution is -2.32. The van der Waals surface area contributed by atoms with Gasteiger partial charge >= 0.3 is 5.97 Å². The van der Waals surface area contributed by atoms with E-state index in [0.717, 1.165) is 137 Å². The van der Waals surface area contributed by atoms with Gasteiger partial charge < -0.3 is 33.2 Å². The lowest BCUT2D eigenvalue weighted by molar-refractivity contribution is -0.142. The summed E-state index contributed by atoms with van der Waals surface area (Å²) in [7, 11) is 5.18. The van der Waals surface area contributed by atoms with Crippen LogP contribution in [0.25, 0.3) is 11.1 Å². The molecular weight excluding hydrogens is 1230 g/mol. The maximum absolute atomic E-state index is 13.9. The third-order valence-corrected chi connectivity index (χ3v) is 23.3. The summed E-state index contributed by atoms with van der Waals surface area (Å²) < 4.78 is 46.6. The Hall–Kier alpha value is -4.97. The van der Waals surface area contributed by atoms with E-state index in [1.165, 1.54) is 7.11 Å². The first kappa shape index (κ1) is 75.4. The van der Waals surface area contributed by atoms with Crippen molar-refractivity contribution in [2.75, 3.05) is 42.2 Å². The molecule has 0 aromatic heterocycles. The number of methoxy groups -OCH3 is 5. The third-order valence-electron chi connectivity index (χ3n) is 17.9. The van der Waals surface area contributed by atoms with Gasteiger partial charge in [-0.2, -0.15) is 0 Å². The summed E-state index contributed by atoms with van der Waals surface area (Å²) in [6, 6.07) is 27.5. The molecule has 0 N–H and O–H groups in total. The number of hydrogen-bond acceptors (Lipinski definition) is 8. The third kappa shape index (κ3) is 16.4. The highest BCUT2D eigenvalue weighted by Crippen LogP contribution is 2.55. The molecule has 0 spiro atoms. The fourth-order valence-corrected chi connectivity index (χ4v) is 18.4. The van der Waals surface area contributed by atoms with Gasteiger partial charge in [-0.15, -0.1) is 0 Å². The number of carbonyl (C=O) groups is 1. The molecule has 8 nitrogen and oxygen atoms in total. The number of carbonyl (C=O) groups excluding carboxylic acids is 1. The van der Waals surface area contributed by atoms with E-state index in [4.69, 9.17) is 56.4 Å². The fourth-order valence-electron chi connectivity index (χ4n) is 12.9. The minimum absolute atomic E-state index is 0.155.